The molecule has 7 heteroatoms. The molecule has 4 aromatic carbocycles. The van der Waals surface area contributed by atoms with Crippen LogP contribution in [0.2, 0.25) is 0 Å². The maximum Gasteiger partial charge on any atom is 0.278 e. The first-order valence-corrected chi connectivity index (χ1v) is 12.2. The van der Waals surface area contributed by atoms with Gasteiger partial charge in [0.2, 0.25) is 0 Å². The maximum absolute atomic E-state index is 13.9. The number of rotatable bonds is 6. The lowest BCUT2D eigenvalue weighted by Gasteiger charge is -2.39. The Morgan fingerprint density at radius 2 is 1.16 bits per heavy atom. The van der Waals surface area contributed by atoms with Gasteiger partial charge < -0.3 is 0 Å². The molecule has 0 fully saturated rings. The van der Waals surface area contributed by atoms with Crippen molar-refractivity contribution in [3.63, 3.8) is 0 Å². The number of hydrogen-bond donors (Lipinski definition) is 0. The zero-order valence-corrected chi connectivity index (χ0v) is 20.2. The van der Waals surface area contributed by atoms with E-state index in [2.05, 4.69) is 6.58 Å². The minimum Gasteiger partial charge on any atom is -0.267 e. The van der Waals surface area contributed by atoms with Gasteiger partial charge in [0, 0.05) is 0 Å². The molecule has 2 aliphatic rings. The second-order valence-corrected chi connectivity index (χ2v) is 9.17. The summed E-state index contributed by atoms with van der Waals surface area (Å²) in [5.41, 5.74) is 0.981. The molecule has 4 aromatic rings. The summed E-state index contributed by atoms with van der Waals surface area (Å²) in [7, 11) is 0. The highest BCUT2D eigenvalue weighted by Crippen LogP contribution is 2.37. The van der Waals surface area contributed by atoms with Gasteiger partial charge in [-0.15, -0.1) is 11.7 Å². The molecule has 1 atom stereocenters. The fourth-order valence-corrected chi connectivity index (χ4v) is 5.37. The van der Waals surface area contributed by atoms with Crippen LogP contribution in [0.4, 0.5) is 0 Å². The Morgan fingerprint density at radius 1 is 0.703 bits per heavy atom. The summed E-state index contributed by atoms with van der Waals surface area (Å²) in [4.78, 5) is 55.3. The van der Waals surface area contributed by atoms with Crippen LogP contribution >= 0.6 is 0 Å². The van der Waals surface area contributed by atoms with E-state index >= 15 is 0 Å². The van der Waals surface area contributed by atoms with Gasteiger partial charge in [-0.1, -0.05) is 80.1 Å². The van der Waals surface area contributed by atoms with Gasteiger partial charge in [0.05, 0.1) is 28.3 Å². The van der Waals surface area contributed by atoms with Crippen LogP contribution in [0.3, 0.4) is 0 Å². The largest absolute Gasteiger partial charge is 0.278 e. The van der Waals surface area contributed by atoms with Crippen molar-refractivity contribution >= 4 is 45.2 Å². The molecule has 0 spiro atoms. The molecule has 0 bridgehead atoms. The highest BCUT2D eigenvalue weighted by atomic mass is 16.2. The van der Waals surface area contributed by atoms with Crippen LogP contribution in [0.25, 0.3) is 21.5 Å². The third kappa shape index (κ3) is 3.17. The van der Waals surface area contributed by atoms with Crippen molar-refractivity contribution < 1.29 is 19.2 Å². The first kappa shape index (κ1) is 22.8. The van der Waals surface area contributed by atoms with Crippen molar-refractivity contribution in [3.05, 3.63) is 108 Å². The zero-order chi connectivity index (χ0) is 25.8. The fourth-order valence-electron chi connectivity index (χ4n) is 5.37. The van der Waals surface area contributed by atoms with Crippen molar-refractivity contribution in [1.82, 2.24) is 15.1 Å². The number of fused-ring (bicyclic) bond motifs is 6. The van der Waals surface area contributed by atoms with Gasteiger partial charge in [-0.3, -0.25) is 19.2 Å². The van der Waals surface area contributed by atoms with E-state index in [0.29, 0.717) is 23.6 Å². The molecule has 37 heavy (non-hydrogen) atoms. The Bertz CT molecular complexity index is 1560. The minimum atomic E-state index is -0.660. The highest BCUT2D eigenvalue weighted by Gasteiger charge is 2.50. The Balaban J connectivity index is 1.53. The number of nitrogens with zero attached hydrogens (tertiary/aromatic N) is 3. The quantitative estimate of drug-likeness (QED) is 0.269. The summed E-state index contributed by atoms with van der Waals surface area (Å²) < 4.78 is 0. The molecule has 4 amide bonds. The summed E-state index contributed by atoms with van der Waals surface area (Å²) in [5, 5.41) is 6.00. The molecule has 7 nitrogen and oxygen atoms in total. The van der Waals surface area contributed by atoms with Gasteiger partial charge in [-0.2, -0.15) is 10.0 Å². The number of amides is 4. The topological polar surface area (TPSA) is 78.0 Å². The van der Waals surface area contributed by atoms with Crippen molar-refractivity contribution in [2.45, 2.75) is 25.8 Å². The average Bonchev–Trinajstić information content (AvgIpc) is 3.33. The molecule has 6 rings (SSSR count). The molecular formula is C30H23N3O4. The van der Waals surface area contributed by atoms with Crippen LogP contribution in [-0.4, -0.2) is 44.8 Å². The maximum atomic E-state index is 13.9. The van der Waals surface area contributed by atoms with Gasteiger partial charge in [-0.25, -0.2) is 0 Å². The number of benzene rings is 4. The second-order valence-electron chi connectivity index (χ2n) is 9.17. The Morgan fingerprint density at radius 3 is 1.59 bits per heavy atom. The first-order chi connectivity index (χ1) is 18.0. The second kappa shape index (κ2) is 8.50. The van der Waals surface area contributed by atoms with E-state index in [1.54, 1.807) is 54.6 Å². The van der Waals surface area contributed by atoms with Crippen molar-refractivity contribution in [2.24, 2.45) is 0 Å². The van der Waals surface area contributed by atoms with Crippen LogP contribution in [-0.2, 0) is 0 Å². The van der Waals surface area contributed by atoms with E-state index in [9.17, 15) is 19.2 Å². The fraction of sp³-hybridized carbons (Fsp3) is 0.133. The first-order valence-electron chi connectivity index (χ1n) is 12.2. The molecule has 0 N–H and O–H groups in total. The third-order valence-corrected chi connectivity index (χ3v) is 7.08. The minimum absolute atomic E-state index is 0.232. The van der Waals surface area contributed by atoms with Crippen LogP contribution in [0, 0.1) is 0 Å². The van der Waals surface area contributed by atoms with Crippen LogP contribution in [0.15, 0.2) is 85.5 Å². The van der Waals surface area contributed by atoms with Gasteiger partial charge in [0.15, 0.2) is 0 Å². The Labute approximate surface area is 213 Å². The number of hydrogen-bond acceptors (Lipinski definition) is 5. The number of imide groups is 2. The molecular weight excluding hydrogens is 466 g/mol. The van der Waals surface area contributed by atoms with Crippen LogP contribution in [0.1, 0.15) is 61.2 Å². The molecule has 0 radical (unpaired) electrons. The zero-order valence-electron chi connectivity index (χ0n) is 20.2. The molecule has 2 heterocycles. The molecule has 1 unspecified atom stereocenters. The lowest BCUT2D eigenvalue weighted by Crippen LogP contribution is -2.61. The standard InChI is InChI=1S/C30H23N3O4/c1-3-9-20(4-2)33(31-27(34)23-16-14-18-10-5-7-12-21(18)25(23)29(31)36)32-28(35)24-17-15-19-11-6-8-13-22(19)26(24)30(32)37/h4-8,10-17,20H,2-3,9H2,1H3. The van der Waals surface area contributed by atoms with Crippen LogP contribution in [0.5, 0.6) is 0 Å². The average molecular weight is 490 g/mol. The van der Waals surface area contributed by atoms with Crippen LogP contribution < -0.4 is 0 Å². The number of hydrazine groups is 2. The van der Waals surface area contributed by atoms with Gasteiger partial charge in [0.1, 0.15) is 0 Å². The third-order valence-electron chi connectivity index (χ3n) is 7.08. The Hall–Kier alpha value is -4.62. The van der Waals surface area contributed by atoms with Crippen molar-refractivity contribution in [2.75, 3.05) is 0 Å². The summed E-state index contributed by atoms with van der Waals surface area (Å²) in [6.07, 6.45) is 2.70. The Kier molecular flexibility index (Phi) is 5.24. The van der Waals surface area contributed by atoms with E-state index < -0.39 is 29.7 Å². The SMILES string of the molecule is C=CC(CCC)N(N1C(=O)c2ccc3ccccc3c2C1=O)N1C(=O)c2ccc3ccccc3c2C1=O. The molecule has 0 aliphatic carbocycles. The number of carbonyl (C=O) groups is 4. The summed E-state index contributed by atoms with van der Waals surface area (Å²) in [5.74, 6) is -2.34. The van der Waals surface area contributed by atoms with E-state index in [1.165, 1.54) is 5.12 Å². The number of carbonyl (C=O) groups excluding carboxylic acids is 4. The smallest absolute Gasteiger partial charge is 0.267 e. The molecule has 0 aromatic heterocycles. The van der Waals surface area contributed by atoms with E-state index in [4.69, 9.17) is 0 Å². The lowest BCUT2D eigenvalue weighted by molar-refractivity contribution is -0.109. The molecule has 0 saturated carbocycles. The molecule has 2 aliphatic heterocycles. The predicted octanol–water partition coefficient (Wildman–Crippen LogP) is 5.37. The summed E-state index contributed by atoms with van der Waals surface area (Å²) in [6.45, 7) is 5.85. The van der Waals surface area contributed by atoms with Gasteiger partial charge in [0.25, 0.3) is 23.6 Å². The van der Waals surface area contributed by atoms with E-state index in [0.717, 1.165) is 20.8 Å². The van der Waals surface area contributed by atoms with Crippen molar-refractivity contribution in [3.8, 4) is 0 Å². The van der Waals surface area contributed by atoms with Gasteiger partial charge >= 0.3 is 0 Å². The van der Waals surface area contributed by atoms with Crippen molar-refractivity contribution in [1.29, 1.82) is 0 Å². The molecule has 182 valence electrons. The van der Waals surface area contributed by atoms with Gasteiger partial charge in [-0.05, 0) is 40.1 Å². The monoisotopic (exact) mass is 489 g/mol. The molecule has 0 saturated heterocycles. The normalized spacial score (nSPS) is 15.7. The summed E-state index contributed by atoms with van der Waals surface area (Å²) >= 11 is 0. The van der Waals surface area contributed by atoms with E-state index in [1.807, 2.05) is 31.2 Å². The predicted molar refractivity (Wildman–Crippen MR) is 140 cm³/mol. The van der Waals surface area contributed by atoms with E-state index in [-0.39, 0.29) is 22.3 Å². The highest BCUT2D eigenvalue weighted by molar-refractivity contribution is 6.28. The summed E-state index contributed by atoms with van der Waals surface area (Å²) in [6, 6.07) is 20.8. The lowest BCUT2D eigenvalue weighted by atomic mass is 10.0.